The van der Waals surface area contributed by atoms with E-state index in [-0.39, 0.29) is 12.1 Å². The summed E-state index contributed by atoms with van der Waals surface area (Å²) in [6.07, 6.45) is 1.35. The number of nitrogens with one attached hydrogen (secondary N) is 1. The van der Waals surface area contributed by atoms with Gasteiger partial charge in [0.05, 0.1) is 39.1 Å². The van der Waals surface area contributed by atoms with E-state index in [1.807, 2.05) is 26.0 Å². The number of benzene rings is 1. The first-order valence-electron chi connectivity index (χ1n) is 7.74. The minimum Gasteiger partial charge on any atom is -0.497 e. The van der Waals surface area contributed by atoms with Gasteiger partial charge in [0.2, 0.25) is 0 Å². The van der Waals surface area contributed by atoms with Crippen LogP contribution in [0.4, 0.5) is 0 Å². The lowest BCUT2D eigenvalue weighted by atomic mass is 10.1. The van der Waals surface area contributed by atoms with Gasteiger partial charge in [-0.25, -0.2) is 0 Å². The number of ether oxygens (including phenoxy) is 3. The Labute approximate surface area is 128 Å². The first-order valence-corrected chi connectivity index (χ1v) is 7.74. The molecule has 4 heteroatoms. The molecule has 0 spiro atoms. The van der Waals surface area contributed by atoms with Crippen LogP contribution in [0.3, 0.4) is 0 Å². The highest BCUT2D eigenvalue weighted by Crippen LogP contribution is 2.18. The minimum absolute atomic E-state index is 0.204. The molecule has 1 unspecified atom stereocenters. The van der Waals surface area contributed by atoms with Gasteiger partial charge in [0, 0.05) is 0 Å². The van der Waals surface area contributed by atoms with Gasteiger partial charge in [-0.15, -0.1) is 0 Å². The molecule has 1 aromatic carbocycles. The Morgan fingerprint density at radius 1 is 1.10 bits per heavy atom. The molecule has 0 aliphatic carbocycles. The molecule has 1 atom stereocenters. The van der Waals surface area contributed by atoms with Gasteiger partial charge in [0.1, 0.15) is 5.75 Å². The molecule has 0 aromatic heterocycles. The molecule has 0 heterocycles. The van der Waals surface area contributed by atoms with Crippen molar-refractivity contribution in [2.75, 3.05) is 33.5 Å². The van der Waals surface area contributed by atoms with Crippen molar-refractivity contribution in [3.05, 3.63) is 29.8 Å². The van der Waals surface area contributed by atoms with Crippen molar-refractivity contribution >= 4 is 0 Å². The fourth-order valence-electron chi connectivity index (χ4n) is 1.97. The van der Waals surface area contributed by atoms with Gasteiger partial charge >= 0.3 is 0 Å². The fraction of sp³-hybridized carbons (Fsp3) is 0.647. The van der Waals surface area contributed by atoms with Crippen molar-refractivity contribution in [1.29, 1.82) is 0 Å². The first kappa shape index (κ1) is 18.0. The van der Waals surface area contributed by atoms with Gasteiger partial charge in [0.15, 0.2) is 0 Å². The van der Waals surface area contributed by atoms with Gasteiger partial charge in [-0.05, 0) is 44.5 Å². The van der Waals surface area contributed by atoms with E-state index in [1.54, 1.807) is 7.11 Å². The molecule has 0 bridgehead atoms. The van der Waals surface area contributed by atoms with Crippen molar-refractivity contribution in [2.45, 2.75) is 39.3 Å². The maximum Gasteiger partial charge on any atom is 0.118 e. The van der Waals surface area contributed by atoms with Crippen molar-refractivity contribution in [3.8, 4) is 5.75 Å². The molecule has 21 heavy (non-hydrogen) atoms. The molecular weight excluding hydrogens is 266 g/mol. The summed E-state index contributed by atoms with van der Waals surface area (Å²) in [4.78, 5) is 0. The zero-order chi connectivity index (χ0) is 15.5. The number of hydrogen-bond acceptors (Lipinski definition) is 4. The number of methoxy groups -OCH3 is 1. The van der Waals surface area contributed by atoms with Crippen molar-refractivity contribution in [3.63, 3.8) is 0 Å². The number of hydrogen-bond donors (Lipinski definition) is 1. The quantitative estimate of drug-likeness (QED) is 0.637. The summed E-state index contributed by atoms with van der Waals surface area (Å²) in [6.45, 7) is 9.11. The van der Waals surface area contributed by atoms with E-state index < -0.39 is 0 Å². The zero-order valence-electron chi connectivity index (χ0n) is 13.7. The highest BCUT2D eigenvalue weighted by Gasteiger charge is 2.11. The predicted molar refractivity (Wildman–Crippen MR) is 85.9 cm³/mol. The van der Waals surface area contributed by atoms with Crippen LogP contribution in [0, 0.1) is 0 Å². The van der Waals surface area contributed by atoms with E-state index in [9.17, 15) is 0 Å². The molecule has 0 aliphatic rings. The van der Waals surface area contributed by atoms with Gasteiger partial charge in [-0.2, -0.15) is 0 Å². The Bertz CT molecular complexity index is 365. The fourth-order valence-corrected chi connectivity index (χ4v) is 1.97. The van der Waals surface area contributed by atoms with Crippen LogP contribution < -0.4 is 10.1 Å². The summed E-state index contributed by atoms with van der Waals surface area (Å²) in [6, 6.07) is 8.34. The maximum atomic E-state index is 5.74. The van der Waals surface area contributed by atoms with E-state index in [2.05, 4.69) is 24.4 Å². The summed E-state index contributed by atoms with van der Waals surface area (Å²) < 4.78 is 16.4. The van der Waals surface area contributed by atoms with Gasteiger partial charge in [-0.1, -0.05) is 19.1 Å². The molecule has 0 fully saturated rings. The monoisotopic (exact) mass is 295 g/mol. The van der Waals surface area contributed by atoms with E-state index in [0.717, 1.165) is 18.7 Å². The average molecular weight is 295 g/mol. The summed E-state index contributed by atoms with van der Waals surface area (Å²) in [7, 11) is 1.68. The topological polar surface area (TPSA) is 39.7 Å². The van der Waals surface area contributed by atoms with Crippen LogP contribution in [0.25, 0.3) is 0 Å². The van der Waals surface area contributed by atoms with Crippen molar-refractivity contribution in [1.82, 2.24) is 5.32 Å². The Morgan fingerprint density at radius 2 is 1.81 bits per heavy atom. The third kappa shape index (κ3) is 7.46. The van der Waals surface area contributed by atoms with Gasteiger partial charge < -0.3 is 19.5 Å². The number of rotatable bonds is 11. The van der Waals surface area contributed by atoms with Crippen LogP contribution in [0.2, 0.25) is 0 Å². The molecule has 0 saturated heterocycles. The second-order valence-electron chi connectivity index (χ2n) is 5.27. The summed E-state index contributed by atoms with van der Waals surface area (Å²) in [5.41, 5.74) is 1.22. The third-order valence-corrected chi connectivity index (χ3v) is 3.12. The van der Waals surface area contributed by atoms with Crippen molar-refractivity contribution in [2.24, 2.45) is 0 Å². The average Bonchev–Trinajstić information content (AvgIpc) is 2.50. The van der Waals surface area contributed by atoms with Crippen molar-refractivity contribution < 1.29 is 14.2 Å². The van der Waals surface area contributed by atoms with Crippen LogP contribution in [-0.2, 0) is 9.47 Å². The molecule has 4 nitrogen and oxygen atoms in total. The highest BCUT2D eigenvalue weighted by molar-refractivity contribution is 5.29. The second-order valence-corrected chi connectivity index (χ2v) is 5.27. The molecule has 0 saturated carbocycles. The lowest BCUT2D eigenvalue weighted by Gasteiger charge is -2.19. The molecule has 0 radical (unpaired) electrons. The lowest BCUT2D eigenvalue weighted by Crippen LogP contribution is -2.27. The standard InChI is InChI=1S/C17H29NO3/c1-5-10-18-17(13-20-11-12-21-14(2)3)15-6-8-16(19-4)9-7-15/h6-9,14,17-18H,5,10-13H2,1-4H3. The molecule has 1 N–H and O–H groups in total. The Morgan fingerprint density at radius 3 is 2.38 bits per heavy atom. The van der Waals surface area contributed by atoms with Crippen LogP contribution in [0.15, 0.2) is 24.3 Å². The Balaban J connectivity index is 2.46. The van der Waals surface area contributed by atoms with Crippen LogP contribution in [0.1, 0.15) is 38.8 Å². The van der Waals surface area contributed by atoms with E-state index in [4.69, 9.17) is 14.2 Å². The molecular formula is C17H29NO3. The summed E-state index contributed by atoms with van der Waals surface area (Å²) in [5, 5.41) is 3.52. The van der Waals surface area contributed by atoms with Crippen LogP contribution in [0.5, 0.6) is 5.75 Å². The predicted octanol–water partition coefficient (Wildman–Crippen LogP) is 3.18. The maximum absolute atomic E-state index is 5.74. The van der Waals surface area contributed by atoms with Crippen LogP contribution >= 0.6 is 0 Å². The third-order valence-electron chi connectivity index (χ3n) is 3.12. The Kier molecular flexibility index (Phi) is 9.06. The molecule has 1 aromatic rings. The highest BCUT2D eigenvalue weighted by atomic mass is 16.5. The molecule has 0 amide bonds. The molecule has 1 rings (SSSR count). The summed E-state index contributed by atoms with van der Waals surface area (Å²) >= 11 is 0. The Hall–Kier alpha value is -1.10. The molecule has 0 aliphatic heterocycles. The first-order chi connectivity index (χ1) is 10.2. The van der Waals surface area contributed by atoms with E-state index >= 15 is 0 Å². The lowest BCUT2D eigenvalue weighted by molar-refractivity contribution is 0.0137. The van der Waals surface area contributed by atoms with Crippen LogP contribution in [-0.4, -0.2) is 39.6 Å². The van der Waals surface area contributed by atoms with Gasteiger partial charge in [0.25, 0.3) is 0 Å². The van der Waals surface area contributed by atoms with E-state index in [0.29, 0.717) is 19.8 Å². The largest absolute Gasteiger partial charge is 0.497 e. The normalized spacial score (nSPS) is 12.6. The minimum atomic E-state index is 0.204. The molecule has 120 valence electrons. The van der Waals surface area contributed by atoms with E-state index in [1.165, 1.54) is 5.56 Å². The smallest absolute Gasteiger partial charge is 0.118 e. The summed E-state index contributed by atoms with van der Waals surface area (Å²) in [5.74, 6) is 0.874. The SMILES string of the molecule is CCCNC(COCCOC(C)C)c1ccc(OC)cc1. The van der Waals surface area contributed by atoms with Gasteiger partial charge in [-0.3, -0.25) is 0 Å². The zero-order valence-corrected chi connectivity index (χ0v) is 13.7. The second kappa shape index (κ2) is 10.6.